The molecule has 0 amide bonds. The van der Waals surface area contributed by atoms with Crippen LogP contribution in [0.25, 0.3) is 0 Å². The van der Waals surface area contributed by atoms with Gasteiger partial charge >= 0.3 is 0 Å². The summed E-state index contributed by atoms with van der Waals surface area (Å²) in [4.78, 5) is 3.91. The molecular formula is C10H13Cl2N. The molecule has 0 spiro atoms. The van der Waals surface area contributed by atoms with Crippen LogP contribution in [0.2, 0.25) is 10.0 Å². The van der Waals surface area contributed by atoms with Crippen LogP contribution in [0, 0.1) is 0 Å². The van der Waals surface area contributed by atoms with Crippen LogP contribution >= 0.6 is 23.2 Å². The zero-order chi connectivity index (χ0) is 9.68. The quantitative estimate of drug-likeness (QED) is 0.692. The van der Waals surface area contributed by atoms with Crippen molar-refractivity contribution >= 4 is 23.2 Å². The highest BCUT2D eigenvalue weighted by Crippen LogP contribution is 2.24. The molecule has 0 N–H and O–H groups in total. The molecule has 0 aliphatic heterocycles. The third kappa shape index (κ3) is 3.17. The van der Waals surface area contributed by atoms with Gasteiger partial charge in [-0.3, -0.25) is 4.98 Å². The maximum Gasteiger partial charge on any atom is 0.0636 e. The summed E-state index contributed by atoms with van der Waals surface area (Å²) < 4.78 is 0. The average molecular weight is 218 g/mol. The molecule has 1 aromatic heterocycles. The van der Waals surface area contributed by atoms with Gasteiger partial charge in [0.25, 0.3) is 0 Å². The molecule has 0 bridgehead atoms. The molecule has 3 heteroatoms. The van der Waals surface area contributed by atoms with Crippen LogP contribution in [0.5, 0.6) is 0 Å². The van der Waals surface area contributed by atoms with Gasteiger partial charge in [-0.05, 0) is 18.4 Å². The van der Waals surface area contributed by atoms with Crippen LogP contribution in [0.4, 0.5) is 0 Å². The smallest absolute Gasteiger partial charge is 0.0636 e. The molecule has 0 radical (unpaired) electrons. The Balaban J connectivity index is 2.64. The summed E-state index contributed by atoms with van der Waals surface area (Å²) in [5.74, 6) is 0. The van der Waals surface area contributed by atoms with Gasteiger partial charge in [0.05, 0.1) is 10.0 Å². The SMILES string of the molecule is CCCCCc1c(Cl)cncc1Cl. The summed E-state index contributed by atoms with van der Waals surface area (Å²) in [7, 11) is 0. The molecule has 0 saturated heterocycles. The van der Waals surface area contributed by atoms with Crippen LogP contribution in [0.15, 0.2) is 12.4 Å². The van der Waals surface area contributed by atoms with Crippen molar-refractivity contribution in [1.29, 1.82) is 0 Å². The van der Waals surface area contributed by atoms with E-state index in [-0.39, 0.29) is 0 Å². The first kappa shape index (κ1) is 10.8. The van der Waals surface area contributed by atoms with E-state index >= 15 is 0 Å². The van der Waals surface area contributed by atoms with Crippen LogP contribution in [-0.2, 0) is 6.42 Å². The standard InChI is InChI=1S/C10H13Cl2N/c1-2-3-4-5-8-9(11)6-13-7-10(8)12/h6-7H,2-5H2,1H3. The van der Waals surface area contributed by atoms with E-state index in [0.717, 1.165) is 18.4 Å². The Hall–Kier alpha value is -0.270. The molecular weight excluding hydrogens is 205 g/mol. The molecule has 1 heterocycles. The van der Waals surface area contributed by atoms with E-state index in [1.807, 2.05) is 0 Å². The summed E-state index contributed by atoms with van der Waals surface area (Å²) in [6.07, 6.45) is 7.81. The van der Waals surface area contributed by atoms with Gasteiger partial charge in [0.2, 0.25) is 0 Å². The van der Waals surface area contributed by atoms with Gasteiger partial charge in [0, 0.05) is 12.4 Å². The molecule has 13 heavy (non-hydrogen) atoms. The van der Waals surface area contributed by atoms with Crippen LogP contribution in [-0.4, -0.2) is 4.98 Å². The number of hydrogen-bond donors (Lipinski definition) is 0. The second-order valence-corrected chi connectivity index (χ2v) is 3.85. The van der Waals surface area contributed by atoms with Gasteiger partial charge in [-0.1, -0.05) is 43.0 Å². The minimum Gasteiger partial charge on any atom is -0.262 e. The number of halogens is 2. The van der Waals surface area contributed by atoms with Gasteiger partial charge in [-0.15, -0.1) is 0 Å². The minimum atomic E-state index is 0.684. The number of aromatic nitrogens is 1. The van der Waals surface area contributed by atoms with Crippen molar-refractivity contribution in [2.24, 2.45) is 0 Å². The fourth-order valence-corrected chi connectivity index (χ4v) is 1.78. The molecule has 0 fully saturated rings. The van der Waals surface area contributed by atoms with Gasteiger partial charge in [0.1, 0.15) is 0 Å². The number of hydrogen-bond acceptors (Lipinski definition) is 1. The van der Waals surface area contributed by atoms with Crippen molar-refractivity contribution in [1.82, 2.24) is 4.98 Å². The maximum absolute atomic E-state index is 5.96. The fourth-order valence-electron chi connectivity index (χ4n) is 1.23. The predicted octanol–water partition coefficient (Wildman–Crippen LogP) is 4.12. The molecule has 0 aliphatic carbocycles. The Morgan fingerprint density at radius 1 is 1.15 bits per heavy atom. The Kier molecular flexibility index (Phi) is 4.54. The topological polar surface area (TPSA) is 12.9 Å². The van der Waals surface area contributed by atoms with Crippen molar-refractivity contribution in [2.45, 2.75) is 32.6 Å². The second kappa shape index (κ2) is 5.46. The molecule has 0 saturated carbocycles. The lowest BCUT2D eigenvalue weighted by atomic mass is 10.1. The number of unbranched alkanes of at least 4 members (excludes halogenated alkanes) is 2. The van der Waals surface area contributed by atoms with E-state index in [4.69, 9.17) is 23.2 Å². The molecule has 0 atom stereocenters. The summed E-state index contributed by atoms with van der Waals surface area (Å²) in [5.41, 5.74) is 1.03. The van der Waals surface area contributed by atoms with Crippen molar-refractivity contribution in [2.75, 3.05) is 0 Å². The van der Waals surface area contributed by atoms with Crippen molar-refractivity contribution in [3.05, 3.63) is 28.0 Å². The van der Waals surface area contributed by atoms with Crippen molar-refractivity contribution < 1.29 is 0 Å². The molecule has 72 valence electrons. The van der Waals surface area contributed by atoms with Gasteiger partial charge in [-0.25, -0.2) is 0 Å². The Morgan fingerprint density at radius 2 is 1.77 bits per heavy atom. The second-order valence-electron chi connectivity index (χ2n) is 3.04. The summed E-state index contributed by atoms with van der Waals surface area (Å²) in [5, 5.41) is 1.37. The average Bonchev–Trinajstić information content (AvgIpc) is 2.10. The van der Waals surface area contributed by atoms with E-state index in [9.17, 15) is 0 Å². The highest BCUT2D eigenvalue weighted by molar-refractivity contribution is 6.35. The lowest BCUT2D eigenvalue weighted by Crippen LogP contribution is -1.89. The molecule has 0 unspecified atom stereocenters. The third-order valence-electron chi connectivity index (χ3n) is 1.98. The Labute approximate surface area is 89.1 Å². The van der Waals surface area contributed by atoms with Crippen molar-refractivity contribution in [3.8, 4) is 0 Å². The van der Waals surface area contributed by atoms with Crippen LogP contribution in [0.1, 0.15) is 31.7 Å². The molecule has 1 aromatic rings. The zero-order valence-corrected chi connectivity index (χ0v) is 9.20. The number of rotatable bonds is 4. The highest BCUT2D eigenvalue weighted by Gasteiger charge is 2.04. The summed E-state index contributed by atoms with van der Waals surface area (Å²) >= 11 is 11.9. The van der Waals surface area contributed by atoms with Gasteiger partial charge in [-0.2, -0.15) is 0 Å². The Morgan fingerprint density at radius 3 is 2.31 bits per heavy atom. The van der Waals surface area contributed by atoms with E-state index in [0.29, 0.717) is 10.0 Å². The molecule has 1 rings (SSSR count). The normalized spacial score (nSPS) is 10.4. The van der Waals surface area contributed by atoms with E-state index in [2.05, 4.69) is 11.9 Å². The zero-order valence-electron chi connectivity index (χ0n) is 7.69. The first-order valence-corrected chi connectivity index (χ1v) is 5.29. The number of pyridine rings is 1. The monoisotopic (exact) mass is 217 g/mol. The summed E-state index contributed by atoms with van der Waals surface area (Å²) in [6, 6.07) is 0. The lowest BCUT2D eigenvalue weighted by Gasteiger charge is -2.04. The molecule has 0 aromatic carbocycles. The highest BCUT2D eigenvalue weighted by atomic mass is 35.5. The maximum atomic E-state index is 5.96. The fraction of sp³-hybridized carbons (Fsp3) is 0.500. The van der Waals surface area contributed by atoms with Gasteiger partial charge in [0.15, 0.2) is 0 Å². The third-order valence-corrected chi connectivity index (χ3v) is 2.63. The van der Waals surface area contributed by atoms with Crippen LogP contribution in [0.3, 0.4) is 0 Å². The van der Waals surface area contributed by atoms with E-state index in [1.165, 1.54) is 12.8 Å². The molecule has 0 aliphatic rings. The van der Waals surface area contributed by atoms with Crippen LogP contribution < -0.4 is 0 Å². The first-order valence-electron chi connectivity index (χ1n) is 4.53. The lowest BCUT2D eigenvalue weighted by molar-refractivity contribution is 0.717. The number of nitrogens with zero attached hydrogens (tertiary/aromatic N) is 1. The Bertz CT molecular complexity index is 253. The first-order chi connectivity index (χ1) is 6.25. The summed E-state index contributed by atoms with van der Waals surface area (Å²) in [6.45, 7) is 2.18. The predicted molar refractivity (Wildman–Crippen MR) is 57.5 cm³/mol. The van der Waals surface area contributed by atoms with Crippen molar-refractivity contribution in [3.63, 3.8) is 0 Å². The van der Waals surface area contributed by atoms with E-state index in [1.54, 1.807) is 12.4 Å². The van der Waals surface area contributed by atoms with E-state index < -0.39 is 0 Å². The molecule has 1 nitrogen and oxygen atoms in total. The minimum absolute atomic E-state index is 0.684. The van der Waals surface area contributed by atoms with Gasteiger partial charge < -0.3 is 0 Å². The largest absolute Gasteiger partial charge is 0.262 e.